The summed E-state index contributed by atoms with van der Waals surface area (Å²) in [5.74, 6) is 1.27. The third-order valence-corrected chi connectivity index (χ3v) is 5.37. The number of hydrogen-bond donors (Lipinski definition) is 1. The van der Waals surface area contributed by atoms with Crippen molar-refractivity contribution in [2.45, 2.75) is 13.0 Å². The first kappa shape index (κ1) is 21.2. The highest BCUT2D eigenvalue weighted by Crippen LogP contribution is 2.18. The number of nitrogens with zero attached hydrogens (tertiary/aromatic N) is 3. The number of nitrogens with one attached hydrogen (secondary N) is 1. The molecule has 3 aromatic rings. The fraction of sp³-hybridized carbons (Fsp3) is 0.304. The van der Waals surface area contributed by atoms with Gasteiger partial charge in [-0.15, -0.1) is 0 Å². The van der Waals surface area contributed by atoms with Gasteiger partial charge in [0.05, 0.1) is 24.4 Å². The fourth-order valence-electron chi connectivity index (χ4n) is 3.52. The maximum atomic E-state index is 12.1. The summed E-state index contributed by atoms with van der Waals surface area (Å²) in [7, 11) is 0. The molecule has 1 aliphatic rings. The third kappa shape index (κ3) is 6.23. The molecule has 8 heteroatoms. The normalized spacial score (nSPS) is 14.8. The number of halogens is 1. The number of amides is 1. The van der Waals surface area contributed by atoms with Crippen molar-refractivity contribution in [3.63, 3.8) is 0 Å². The van der Waals surface area contributed by atoms with Gasteiger partial charge in [0.1, 0.15) is 11.6 Å². The Morgan fingerprint density at radius 2 is 1.97 bits per heavy atom. The Morgan fingerprint density at radius 3 is 2.71 bits per heavy atom. The molecular weight excluding hydrogens is 416 g/mol. The quantitative estimate of drug-likeness (QED) is 0.597. The van der Waals surface area contributed by atoms with Gasteiger partial charge in [0.15, 0.2) is 6.61 Å². The van der Waals surface area contributed by atoms with Gasteiger partial charge < -0.3 is 19.4 Å². The molecule has 1 amide bonds. The van der Waals surface area contributed by atoms with E-state index in [2.05, 4.69) is 20.1 Å². The first-order valence-electron chi connectivity index (χ1n) is 10.3. The largest absolute Gasteiger partial charge is 0.484 e. The van der Waals surface area contributed by atoms with Crippen molar-refractivity contribution in [3.05, 3.63) is 71.8 Å². The molecule has 1 saturated heterocycles. The SMILES string of the molecule is O=C(COc1ccc(Cl)cc1)Nc1ccc(N2CCCN(Cc3ccoc3)CC2)nc1. The van der Waals surface area contributed by atoms with Gasteiger partial charge in [0.2, 0.25) is 0 Å². The maximum Gasteiger partial charge on any atom is 0.262 e. The van der Waals surface area contributed by atoms with E-state index in [1.54, 1.807) is 43.0 Å². The first-order chi connectivity index (χ1) is 15.2. The molecular formula is C23H25ClN4O3. The molecule has 31 heavy (non-hydrogen) atoms. The fourth-order valence-corrected chi connectivity index (χ4v) is 3.65. The molecule has 0 unspecified atom stereocenters. The second kappa shape index (κ2) is 10.3. The molecule has 0 atom stereocenters. The number of hydrogen-bond acceptors (Lipinski definition) is 6. The summed E-state index contributed by atoms with van der Waals surface area (Å²) in [6.45, 7) is 4.70. The summed E-state index contributed by atoms with van der Waals surface area (Å²) in [5.41, 5.74) is 1.84. The van der Waals surface area contributed by atoms with Crippen LogP contribution in [0, 0.1) is 0 Å². The van der Waals surface area contributed by atoms with Crippen molar-refractivity contribution in [2.24, 2.45) is 0 Å². The Balaban J connectivity index is 1.25. The van der Waals surface area contributed by atoms with E-state index in [4.69, 9.17) is 20.8 Å². The van der Waals surface area contributed by atoms with Crippen molar-refractivity contribution in [2.75, 3.05) is 43.0 Å². The maximum absolute atomic E-state index is 12.1. The highest BCUT2D eigenvalue weighted by atomic mass is 35.5. The number of anilines is 2. The minimum Gasteiger partial charge on any atom is -0.484 e. The average Bonchev–Trinajstić information content (AvgIpc) is 3.18. The van der Waals surface area contributed by atoms with Crippen LogP contribution < -0.4 is 15.0 Å². The molecule has 162 valence electrons. The highest BCUT2D eigenvalue weighted by Gasteiger charge is 2.16. The summed E-state index contributed by atoms with van der Waals surface area (Å²) in [4.78, 5) is 21.4. The van der Waals surface area contributed by atoms with E-state index in [-0.39, 0.29) is 12.5 Å². The van der Waals surface area contributed by atoms with Gasteiger partial charge in [-0.2, -0.15) is 0 Å². The molecule has 2 aromatic heterocycles. The zero-order valence-corrected chi connectivity index (χ0v) is 17.9. The minimum atomic E-state index is -0.242. The summed E-state index contributed by atoms with van der Waals surface area (Å²) in [5, 5.41) is 3.43. The molecule has 1 aromatic carbocycles. The lowest BCUT2D eigenvalue weighted by atomic mass is 10.3. The predicted molar refractivity (Wildman–Crippen MR) is 121 cm³/mol. The van der Waals surface area contributed by atoms with Crippen LogP contribution in [0.5, 0.6) is 5.75 Å². The van der Waals surface area contributed by atoms with Crippen LogP contribution in [0.2, 0.25) is 5.02 Å². The lowest BCUT2D eigenvalue weighted by Crippen LogP contribution is -2.30. The second-order valence-corrected chi connectivity index (χ2v) is 7.88. The van der Waals surface area contributed by atoms with Crippen LogP contribution in [0.4, 0.5) is 11.5 Å². The molecule has 1 N–H and O–H groups in total. The number of rotatable bonds is 7. The van der Waals surface area contributed by atoms with E-state index in [9.17, 15) is 4.79 Å². The van der Waals surface area contributed by atoms with E-state index in [0.717, 1.165) is 45.0 Å². The monoisotopic (exact) mass is 440 g/mol. The summed E-state index contributed by atoms with van der Waals surface area (Å²) < 4.78 is 10.6. The zero-order chi connectivity index (χ0) is 21.5. The van der Waals surface area contributed by atoms with Crippen LogP contribution in [0.15, 0.2) is 65.6 Å². The Morgan fingerprint density at radius 1 is 1.10 bits per heavy atom. The van der Waals surface area contributed by atoms with Crippen LogP contribution in [0.25, 0.3) is 0 Å². The van der Waals surface area contributed by atoms with E-state index in [0.29, 0.717) is 16.5 Å². The summed E-state index contributed by atoms with van der Waals surface area (Å²) in [6.07, 6.45) is 6.27. The summed E-state index contributed by atoms with van der Waals surface area (Å²) in [6, 6.07) is 12.7. The molecule has 4 rings (SSSR count). The molecule has 7 nitrogen and oxygen atoms in total. The van der Waals surface area contributed by atoms with Gasteiger partial charge in [0.25, 0.3) is 5.91 Å². The van der Waals surface area contributed by atoms with Crippen LogP contribution in [0.3, 0.4) is 0 Å². The molecule has 0 saturated carbocycles. The van der Waals surface area contributed by atoms with Crippen LogP contribution in [0.1, 0.15) is 12.0 Å². The van der Waals surface area contributed by atoms with E-state index < -0.39 is 0 Å². The number of carbonyl (C=O) groups is 1. The topological polar surface area (TPSA) is 70.8 Å². The van der Waals surface area contributed by atoms with Gasteiger partial charge >= 0.3 is 0 Å². The minimum absolute atomic E-state index is 0.0813. The van der Waals surface area contributed by atoms with E-state index >= 15 is 0 Å². The molecule has 0 radical (unpaired) electrons. The average molecular weight is 441 g/mol. The predicted octanol–water partition coefficient (Wildman–Crippen LogP) is 4.06. The molecule has 0 spiro atoms. The summed E-state index contributed by atoms with van der Waals surface area (Å²) >= 11 is 5.84. The second-order valence-electron chi connectivity index (χ2n) is 7.44. The van der Waals surface area contributed by atoms with Gasteiger partial charge in [-0.25, -0.2) is 4.98 Å². The van der Waals surface area contributed by atoms with Crippen molar-refractivity contribution < 1.29 is 13.9 Å². The van der Waals surface area contributed by atoms with E-state index in [1.165, 1.54) is 5.56 Å². The van der Waals surface area contributed by atoms with Crippen molar-refractivity contribution in [3.8, 4) is 5.75 Å². The standard InChI is InChI=1S/C23H25ClN4O3/c24-19-2-5-21(6-3-19)31-17-23(29)26-20-4-7-22(25-14-20)28-10-1-9-27(11-12-28)15-18-8-13-30-16-18/h2-8,13-14,16H,1,9-12,15,17H2,(H,26,29). The lowest BCUT2D eigenvalue weighted by molar-refractivity contribution is -0.118. The Bertz CT molecular complexity index is 962. The number of carbonyl (C=O) groups excluding carboxylic acids is 1. The van der Waals surface area contributed by atoms with Gasteiger partial charge in [-0.3, -0.25) is 9.69 Å². The molecule has 0 bridgehead atoms. The van der Waals surface area contributed by atoms with Crippen molar-refractivity contribution in [1.29, 1.82) is 0 Å². The van der Waals surface area contributed by atoms with E-state index in [1.807, 2.05) is 18.2 Å². The van der Waals surface area contributed by atoms with Gasteiger partial charge in [-0.05, 0) is 48.9 Å². The van der Waals surface area contributed by atoms with Crippen molar-refractivity contribution in [1.82, 2.24) is 9.88 Å². The Kier molecular flexibility index (Phi) is 7.07. The van der Waals surface area contributed by atoms with Crippen LogP contribution in [-0.4, -0.2) is 48.6 Å². The number of ether oxygens (including phenoxy) is 1. The molecule has 1 aliphatic heterocycles. The molecule has 1 fully saturated rings. The Hall–Kier alpha value is -3.03. The van der Waals surface area contributed by atoms with Crippen LogP contribution >= 0.6 is 11.6 Å². The number of aromatic nitrogens is 1. The first-order valence-corrected chi connectivity index (χ1v) is 10.7. The van der Waals surface area contributed by atoms with Gasteiger partial charge in [-0.1, -0.05) is 11.6 Å². The molecule has 3 heterocycles. The smallest absolute Gasteiger partial charge is 0.262 e. The lowest BCUT2D eigenvalue weighted by Gasteiger charge is -2.22. The Labute approximate surface area is 186 Å². The number of furan rings is 1. The third-order valence-electron chi connectivity index (χ3n) is 5.11. The van der Waals surface area contributed by atoms with Crippen molar-refractivity contribution >= 4 is 29.0 Å². The number of pyridine rings is 1. The number of benzene rings is 1. The van der Waals surface area contributed by atoms with Gasteiger partial charge in [0, 0.05) is 43.3 Å². The van der Waals surface area contributed by atoms with Crippen LogP contribution in [-0.2, 0) is 11.3 Å². The zero-order valence-electron chi connectivity index (χ0n) is 17.2. The molecule has 0 aliphatic carbocycles. The highest BCUT2D eigenvalue weighted by molar-refractivity contribution is 6.30.